The molecule has 0 fully saturated rings. The van der Waals surface area contributed by atoms with Gasteiger partial charge in [0.05, 0.1) is 0 Å². The number of carbonyl (C=O) groups excluding carboxylic acids is 1. The number of amides is 1. The van der Waals surface area contributed by atoms with Crippen LogP contribution in [-0.4, -0.2) is 22.4 Å². The lowest BCUT2D eigenvalue weighted by atomic mass is 10.1. The summed E-state index contributed by atoms with van der Waals surface area (Å²) in [6.45, 7) is 6.88. The number of aromatic nitrogens is 2. The Bertz CT molecular complexity index is 640. The van der Waals surface area contributed by atoms with E-state index in [0.717, 1.165) is 24.2 Å². The first kappa shape index (κ1) is 15.0. The Morgan fingerprint density at radius 1 is 1.19 bits per heavy atom. The first-order valence-corrected chi connectivity index (χ1v) is 7.04. The van der Waals surface area contributed by atoms with Gasteiger partial charge >= 0.3 is 0 Å². The second-order valence-electron chi connectivity index (χ2n) is 4.99. The van der Waals surface area contributed by atoms with Crippen molar-refractivity contribution in [3.8, 4) is 0 Å². The normalized spacial score (nSPS) is 10.2. The van der Waals surface area contributed by atoms with E-state index in [1.54, 1.807) is 6.07 Å². The molecule has 5 nitrogen and oxygen atoms in total. The Kier molecular flexibility index (Phi) is 4.87. The number of carbonyl (C=O) groups is 1. The minimum atomic E-state index is -0.232. The van der Waals surface area contributed by atoms with E-state index in [1.165, 1.54) is 11.9 Å². The lowest BCUT2D eigenvalue weighted by Gasteiger charge is -2.09. The quantitative estimate of drug-likeness (QED) is 0.885. The number of nitrogens with zero attached hydrogens (tertiary/aromatic N) is 2. The molecule has 2 N–H and O–H groups in total. The van der Waals surface area contributed by atoms with E-state index in [4.69, 9.17) is 0 Å². The van der Waals surface area contributed by atoms with E-state index in [-0.39, 0.29) is 5.91 Å². The van der Waals surface area contributed by atoms with Crippen molar-refractivity contribution in [1.29, 1.82) is 0 Å². The molecule has 110 valence electrons. The summed E-state index contributed by atoms with van der Waals surface area (Å²) in [5.41, 5.74) is 3.34. The van der Waals surface area contributed by atoms with Crippen molar-refractivity contribution in [1.82, 2.24) is 9.97 Å². The molecule has 0 radical (unpaired) electrons. The summed E-state index contributed by atoms with van der Waals surface area (Å²) < 4.78 is 0. The highest BCUT2D eigenvalue weighted by molar-refractivity contribution is 6.03. The largest absolute Gasteiger partial charge is 0.370 e. The van der Waals surface area contributed by atoms with Gasteiger partial charge < -0.3 is 10.6 Å². The van der Waals surface area contributed by atoms with Gasteiger partial charge in [-0.25, -0.2) is 9.97 Å². The summed E-state index contributed by atoms with van der Waals surface area (Å²) in [5.74, 6) is 0.432. The third-order valence-electron chi connectivity index (χ3n) is 3.09. The van der Waals surface area contributed by atoms with Gasteiger partial charge in [-0.2, -0.15) is 0 Å². The molecule has 0 spiro atoms. The Morgan fingerprint density at radius 3 is 2.71 bits per heavy atom. The average Bonchev–Trinajstić information content (AvgIpc) is 2.48. The Labute approximate surface area is 124 Å². The monoisotopic (exact) mass is 284 g/mol. The van der Waals surface area contributed by atoms with Crippen molar-refractivity contribution < 1.29 is 4.79 Å². The summed E-state index contributed by atoms with van der Waals surface area (Å²) in [6.07, 6.45) is 2.39. The molecule has 0 unspecified atom stereocenters. The van der Waals surface area contributed by atoms with E-state index < -0.39 is 0 Å². The fraction of sp³-hybridized carbons (Fsp3) is 0.312. The second-order valence-corrected chi connectivity index (χ2v) is 4.99. The molecule has 0 aliphatic carbocycles. The van der Waals surface area contributed by atoms with Crippen LogP contribution >= 0.6 is 0 Å². The van der Waals surface area contributed by atoms with Crippen molar-refractivity contribution in [2.75, 3.05) is 17.2 Å². The molecule has 0 atom stereocenters. The van der Waals surface area contributed by atoms with Gasteiger partial charge in [0.15, 0.2) is 0 Å². The van der Waals surface area contributed by atoms with Crippen molar-refractivity contribution >= 4 is 17.4 Å². The highest BCUT2D eigenvalue weighted by atomic mass is 16.1. The van der Waals surface area contributed by atoms with Crippen LogP contribution in [0.25, 0.3) is 0 Å². The summed E-state index contributed by atoms with van der Waals surface area (Å²) in [6, 6.07) is 7.56. The third kappa shape index (κ3) is 4.02. The summed E-state index contributed by atoms with van der Waals surface area (Å²) in [4.78, 5) is 20.4. The number of aryl methyl sites for hydroxylation is 2. The molecule has 0 bridgehead atoms. The first-order chi connectivity index (χ1) is 10.1. The van der Waals surface area contributed by atoms with Crippen LogP contribution in [0.5, 0.6) is 0 Å². The van der Waals surface area contributed by atoms with Crippen LogP contribution in [0, 0.1) is 13.8 Å². The summed E-state index contributed by atoms with van der Waals surface area (Å²) in [7, 11) is 0. The predicted molar refractivity (Wildman–Crippen MR) is 84.7 cm³/mol. The average molecular weight is 284 g/mol. The van der Waals surface area contributed by atoms with Gasteiger partial charge in [0.25, 0.3) is 5.91 Å². The van der Waals surface area contributed by atoms with E-state index in [2.05, 4.69) is 27.5 Å². The molecular weight excluding hydrogens is 264 g/mol. The zero-order valence-electron chi connectivity index (χ0n) is 12.6. The molecule has 0 saturated carbocycles. The van der Waals surface area contributed by atoms with Gasteiger partial charge in [-0.3, -0.25) is 4.79 Å². The highest BCUT2D eigenvalue weighted by Gasteiger charge is 2.10. The van der Waals surface area contributed by atoms with Crippen molar-refractivity contribution in [2.24, 2.45) is 0 Å². The van der Waals surface area contributed by atoms with Gasteiger partial charge in [0.2, 0.25) is 0 Å². The second kappa shape index (κ2) is 6.83. The number of hydrogen-bond donors (Lipinski definition) is 2. The third-order valence-corrected chi connectivity index (χ3v) is 3.09. The van der Waals surface area contributed by atoms with Crippen molar-refractivity contribution in [2.45, 2.75) is 27.2 Å². The topological polar surface area (TPSA) is 66.9 Å². The Hall–Kier alpha value is -2.43. The van der Waals surface area contributed by atoms with Gasteiger partial charge in [-0.1, -0.05) is 24.6 Å². The molecule has 1 aromatic carbocycles. The summed E-state index contributed by atoms with van der Waals surface area (Å²) in [5, 5.41) is 6.02. The van der Waals surface area contributed by atoms with Gasteiger partial charge in [-0.05, 0) is 31.9 Å². The Morgan fingerprint density at radius 2 is 2.00 bits per heavy atom. The minimum Gasteiger partial charge on any atom is -0.370 e. The van der Waals surface area contributed by atoms with E-state index >= 15 is 0 Å². The molecule has 1 aromatic heterocycles. The van der Waals surface area contributed by atoms with Crippen LogP contribution < -0.4 is 10.6 Å². The SMILES string of the molecule is CCCNc1cc(C(=O)Nc2ccc(C)cc2C)ncn1. The maximum absolute atomic E-state index is 12.2. The van der Waals surface area contributed by atoms with Crippen LogP contribution in [0.2, 0.25) is 0 Å². The summed E-state index contributed by atoms with van der Waals surface area (Å²) >= 11 is 0. The molecule has 21 heavy (non-hydrogen) atoms. The number of benzene rings is 1. The van der Waals surface area contributed by atoms with Crippen LogP contribution in [0.4, 0.5) is 11.5 Å². The fourth-order valence-electron chi connectivity index (χ4n) is 1.97. The van der Waals surface area contributed by atoms with Gasteiger partial charge in [-0.15, -0.1) is 0 Å². The smallest absolute Gasteiger partial charge is 0.274 e. The number of rotatable bonds is 5. The van der Waals surface area contributed by atoms with Crippen molar-refractivity contribution in [3.63, 3.8) is 0 Å². The number of nitrogens with one attached hydrogen (secondary N) is 2. The zero-order valence-corrected chi connectivity index (χ0v) is 12.6. The molecule has 0 saturated heterocycles. The molecule has 1 heterocycles. The van der Waals surface area contributed by atoms with Crippen LogP contribution in [0.15, 0.2) is 30.6 Å². The van der Waals surface area contributed by atoms with E-state index in [1.807, 2.05) is 32.0 Å². The molecule has 1 amide bonds. The highest BCUT2D eigenvalue weighted by Crippen LogP contribution is 2.17. The van der Waals surface area contributed by atoms with Crippen molar-refractivity contribution in [3.05, 3.63) is 47.4 Å². The number of anilines is 2. The van der Waals surface area contributed by atoms with Crippen LogP contribution in [0.1, 0.15) is 35.0 Å². The number of hydrogen-bond acceptors (Lipinski definition) is 4. The minimum absolute atomic E-state index is 0.232. The van der Waals surface area contributed by atoms with Gasteiger partial charge in [0, 0.05) is 18.3 Å². The molecular formula is C16H20N4O. The molecule has 2 aromatic rings. The van der Waals surface area contributed by atoms with E-state index in [9.17, 15) is 4.79 Å². The molecule has 0 aliphatic heterocycles. The standard InChI is InChI=1S/C16H20N4O/c1-4-7-17-15-9-14(18-10-19-15)16(21)20-13-6-5-11(2)8-12(13)3/h5-6,8-10H,4,7H2,1-3H3,(H,20,21)(H,17,18,19). The maximum Gasteiger partial charge on any atom is 0.274 e. The fourth-order valence-corrected chi connectivity index (χ4v) is 1.97. The Balaban J connectivity index is 2.12. The first-order valence-electron chi connectivity index (χ1n) is 7.04. The predicted octanol–water partition coefficient (Wildman–Crippen LogP) is 3.17. The lowest BCUT2D eigenvalue weighted by molar-refractivity contribution is 0.102. The van der Waals surface area contributed by atoms with Crippen LogP contribution in [0.3, 0.4) is 0 Å². The zero-order chi connectivity index (χ0) is 15.2. The lowest BCUT2D eigenvalue weighted by Crippen LogP contribution is -2.15. The maximum atomic E-state index is 12.2. The van der Waals surface area contributed by atoms with Crippen LogP contribution in [-0.2, 0) is 0 Å². The van der Waals surface area contributed by atoms with E-state index in [0.29, 0.717) is 11.5 Å². The molecule has 2 rings (SSSR count). The van der Waals surface area contributed by atoms with Gasteiger partial charge in [0.1, 0.15) is 17.8 Å². The molecule has 5 heteroatoms. The molecule has 0 aliphatic rings.